The fourth-order valence-electron chi connectivity index (χ4n) is 1.47. The summed E-state index contributed by atoms with van der Waals surface area (Å²) in [7, 11) is 1.41. The third kappa shape index (κ3) is 4.61. The van der Waals surface area contributed by atoms with Crippen LogP contribution in [0.2, 0.25) is 0 Å². The van der Waals surface area contributed by atoms with Gasteiger partial charge < -0.3 is 10.5 Å². The van der Waals surface area contributed by atoms with Crippen molar-refractivity contribution in [2.75, 3.05) is 7.11 Å². The SMILES string of the molecule is COC(=O)CC[C@@H]([NH3+])Cc1ccccc1. The van der Waals surface area contributed by atoms with Crippen LogP contribution in [-0.4, -0.2) is 19.1 Å². The van der Waals surface area contributed by atoms with E-state index in [1.807, 2.05) is 18.2 Å². The monoisotopic (exact) mass is 208 g/mol. The van der Waals surface area contributed by atoms with Gasteiger partial charge in [-0.25, -0.2) is 0 Å². The second-order valence-corrected chi connectivity index (χ2v) is 3.67. The van der Waals surface area contributed by atoms with Crippen LogP contribution in [0.1, 0.15) is 18.4 Å². The predicted octanol–water partition coefficient (Wildman–Crippen LogP) is 0.793. The van der Waals surface area contributed by atoms with Crippen molar-refractivity contribution in [3.8, 4) is 0 Å². The number of hydrogen-bond donors (Lipinski definition) is 1. The normalized spacial score (nSPS) is 12.1. The summed E-state index contributed by atoms with van der Waals surface area (Å²) in [5.74, 6) is -0.156. The van der Waals surface area contributed by atoms with Gasteiger partial charge >= 0.3 is 5.97 Å². The van der Waals surface area contributed by atoms with Gasteiger partial charge in [0.1, 0.15) is 0 Å². The molecule has 1 atom stereocenters. The molecule has 0 saturated carbocycles. The van der Waals surface area contributed by atoms with Gasteiger partial charge in [-0.15, -0.1) is 0 Å². The summed E-state index contributed by atoms with van der Waals surface area (Å²) in [6.45, 7) is 0. The van der Waals surface area contributed by atoms with Crippen LogP contribution >= 0.6 is 0 Å². The van der Waals surface area contributed by atoms with Crippen molar-refractivity contribution in [1.29, 1.82) is 0 Å². The fourth-order valence-corrected chi connectivity index (χ4v) is 1.47. The number of esters is 1. The van der Waals surface area contributed by atoms with Crippen molar-refractivity contribution >= 4 is 5.97 Å². The molecule has 0 amide bonds. The second kappa shape index (κ2) is 6.19. The highest BCUT2D eigenvalue weighted by molar-refractivity contribution is 5.69. The molecule has 0 fully saturated rings. The zero-order valence-corrected chi connectivity index (χ0v) is 9.11. The number of benzene rings is 1. The van der Waals surface area contributed by atoms with Crippen LogP contribution in [0.4, 0.5) is 0 Å². The Kier molecular flexibility index (Phi) is 4.84. The topological polar surface area (TPSA) is 53.9 Å². The molecule has 0 heterocycles. The van der Waals surface area contributed by atoms with Crippen molar-refractivity contribution in [3.05, 3.63) is 35.9 Å². The van der Waals surface area contributed by atoms with Crippen molar-refractivity contribution in [2.24, 2.45) is 0 Å². The van der Waals surface area contributed by atoms with Crippen molar-refractivity contribution in [2.45, 2.75) is 25.3 Å². The van der Waals surface area contributed by atoms with E-state index in [0.29, 0.717) is 6.42 Å². The summed E-state index contributed by atoms with van der Waals surface area (Å²) in [6.07, 6.45) is 2.15. The molecule has 1 aromatic rings. The average molecular weight is 208 g/mol. The molecule has 3 nitrogen and oxygen atoms in total. The van der Waals surface area contributed by atoms with E-state index in [9.17, 15) is 4.79 Å². The molecule has 0 spiro atoms. The van der Waals surface area contributed by atoms with Gasteiger partial charge in [-0.1, -0.05) is 30.3 Å². The number of methoxy groups -OCH3 is 1. The van der Waals surface area contributed by atoms with E-state index < -0.39 is 0 Å². The summed E-state index contributed by atoms with van der Waals surface area (Å²) in [5, 5.41) is 0. The Morgan fingerprint density at radius 2 is 2.07 bits per heavy atom. The molecule has 0 aromatic heterocycles. The number of ether oxygens (including phenoxy) is 1. The molecule has 15 heavy (non-hydrogen) atoms. The lowest BCUT2D eigenvalue weighted by molar-refractivity contribution is -0.420. The number of carbonyl (C=O) groups is 1. The van der Waals surface area contributed by atoms with Gasteiger partial charge in [0.15, 0.2) is 0 Å². The maximum Gasteiger partial charge on any atom is 0.305 e. The van der Waals surface area contributed by atoms with Crippen LogP contribution in [0.5, 0.6) is 0 Å². The molecule has 1 aromatic carbocycles. The first kappa shape index (κ1) is 11.7. The van der Waals surface area contributed by atoms with Crippen LogP contribution in [0, 0.1) is 0 Å². The van der Waals surface area contributed by atoms with E-state index in [2.05, 4.69) is 22.6 Å². The van der Waals surface area contributed by atoms with Gasteiger partial charge in [-0.2, -0.15) is 0 Å². The van der Waals surface area contributed by atoms with E-state index in [4.69, 9.17) is 0 Å². The molecule has 0 aliphatic carbocycles. The van der Waals surface area contributed by atoms with Crippen LogP contribution in [-0.2, 0) is 16.0 Å². The molecule has 0 saturated heterocycles. The predicted molar refractivity (Wildman–Crippen MR) is 58.1 cm³/mol. The molecule has 3 N–H and O–H groups in total. The highest BCUT2D eigenvalue weighted by Crippen LogP contribution is 2.04. The summed E-state index contributed by atoms with van der Waals surface area (Å²) in [4.78, 5) is 10.9. The fraction of sp³-hybridized carbons (Fsp3) is 0.417. The number of rotatable bonds is 5. The molecular weight excluding hydrogens is 190 g/mol. The molecule has 3 heteroatoms. The van der Waals surface area contributed by atoms with Gasteiger partial charge in [-0.05, 0) is 5.56 Å². The zero-order valence-electron chi connectivity index (χ0n) is 9.11. The minimum Gasteiger partial charge on any atom is -0.469 e. The van der Waals surface area contributed by atoms with Crippen molar-refractivity contribution in [3.63, 3.8) is 0 Å². The van der Waals surface area contributed by atoms with Gasteiger partial charge in [0.2, 0.25) is 0 Å². The molecule has 0 bridgehead atoms. The molecule has 0 unspecified atom stereocenters. The van der Waals surface area contributed by atoms with Crippen LogP contribution in [0.3, 0.4) is 0 Å². The highest BCUT2D eigenvalue weighted by Gasteiger charge is 2.10. The first-order valence-electron chi connectivity index (χ1n) is 5.16. The summed E-state index contributed by atoms with van der Waals surface area (Å²) in [6, 6.07) is 10.5. The van der Waals surface area contributed by atoms with Crippen LogP contribution in [0.15, 0.2) is 30.3 Å². The minimum absolute atomic E-state index is 0.156. The molecular formula is C12H18NO2+. The maximum atomic E-state index is 10.9. The Hall–Kier alpha value is -1.35. The lowest BCUT2D eigenvalue weighted by Gasteiger charge is -2.07. The van der Waals surface area contributed by atoms with Gasteiger partial charge in [-0.3, -0.25) is 4.79 Å². The van der Waals surface area contributed by atoms with Crippen molar-refractivity contribution in [1.82, 2.24) is 0 Å². The number of carbonyl (C=O) groups excluding carboxylic acids is 1. The largest absolute Gasteiger partial charge is 0.469 e. The van der Waals surface area contributed by atoms with E-state index in [-0.39, 0.29) is 12.0 Å². The zero-order chi connectivity index (χ0) is 11.1. The van der Waals surface area contributed by atoms with E-state index in [1.54, 1.807) is 0 Å². The molecule has 82 valence electrons. The van der Waals surface area contributed by atoms with Crippen molar-refractivity contribution < 1.29 is 15.3 Å². The second-order valence-electron chi connectivity index (χ2n) is 3.67. The molecule has 0 aliphatic heterocycles. The van der Waals surface area contributed by atoms with E-state index >= 15 is 0 Å². The lowest BCUT2D eigenvalue weighted by Crippen LogP contribution is -2.62. The van der Waals surface area contributed by atoms with Gasteiger partial charge in [0.25, 0.3) is 0 Å². The first-order valence-corrected chi connectivity index (χ1v) is 5.16. The Bertz CT molecular complexity index is 298. The number of quaternary nitrogens is 1. The van der Waals surface area contributed by atoms with Crippen LogP contribution < -0.4 is 5.73 Å². The van der Waals surface area contributed by atoms with Gasteiger partial charge in [0.05, 0.1) is 19.6 Å². The smallest absolute Gasteiger partial charge is 0.305 e. The summed E-state index contributed by atoms with van der Waals surface area (Å²) in [5.41, 5.74) is 5.30. The summed E-state index contributed by atoms with van der Waals surface area (Å²) < 4.78 is 4.58. The lowest BCUT2D eigenvalue weighted by atomic mass is 10.0. The molecule has 1 rings (SSSR count). The first-order chi connectivity index (χ1) is 7.22. The Balaban J connectivity index is 2.30. The molecule has 0 aliphatic rings. The van der Waals surface area contributed by atoms with E-state index in [0.717, 1.165) is 12.8 Å². The standard InChI is InChI=1S/C12H17NO2/c1-15-12(14)8-7-11(13)9-10-5-3-2-4-6-10/h2-6,11H,7-9,13H2,1H3/p+1/t11-/m1/s1. The average Bonchev–Trinajstić information content (AvgIpc) is 2.27. The Labute approximate surface area is 90.2 Å². The third-order valence-electron chi connectivity index (χ3n) is 2.35. The Morgan fingerprint density at radius 1 is 1.40 bits per heavy atom. The highest BCUT2D eigenvalue weighted by atomic mass is 16.5. The third-order valence-corrected chi connectivity index (χ3v) is 2.35. The Morgan fingerprint density at radius 3 is 2.67 bits per heavy atom. The van der Waals surface area contributed by atoms with Gasteiger partial charge in [0, 0.05) is 12.8 Å². The quantitative estimate of drug-likeness (QED) is 0.727. The minimum atomic E-state index is -0.156. The molecule has 0 radical (unpaired) electrons. The number of hydrogen-bond acceptors (Lipinski definition) is 2. The maximum absolute atomic E-state index is 10.9. The van der Waals surface area contributed by atoms with E-state index in [1.165, 1.54) is 12.7 Å². The van der Waals surface area contributed by atoms with Crippen LogP contribution in [0.25, 0.3) is 0 Å². The summed E-state index contributed by atoms with van der Waals surface area (Å²) >= 11 is 0.